The minimum atomic E-state index is -0.354. The van der Waals surface area contributed by atoms with Crippen LogP contribution in [0.3, 0.4) is 0 Å². The predicted molar refractivity (Wildman–Crippen MR) is 77.5 cm³/mol. The van der Waals surface area contributed by atoms with Gasteiger partial charge in [-0.2, -0.15) is 0 Å². The predicted octanol–water partition coefficient (Wildman–Crippen LogP) is 4.54. The molecule has 0 aromatic heterocycles. The van der Waals surface area contributed by atoms with Gasteiger partial charge in [-0.3, -0.25) is 5.41 Å². The fourth-order valence-electron chi connectivity index (χ4n) is 1.96. The Morgan fingerprint density at radius 2 is 1.53 bits per heavy atom. The van der Waals surface area contributed by atoms with Gasteiger partial charge in [0.05, 0.1) is 5.71 Å². The molecule has 0 heterocycles. The van der Waals surface area contributed by atoms with Crippen LogP contribution in [0.5, 0.6) is 0 Å². The summed E-state index contributed by atoms with van der Waals surface area (Å²) in [5.74, 6) is -0.354. The molecule has 2 aromatic carbocycles. The monoisotopic (exact) mass is 255 g/mol. The summed E-state index contributed by atoms with van der Waals surface area (Å²) >= 11 is 0. The van der Waals surface area contributed by atoms with Gasteiger partial charge in [-0.05, 0) is 23.1 Å². The molecule has 0 spiro atoms. The lowest BCUT2D eigenvalue weighted by atomic mass is 9.86. The highest BCUT2D eigenvalue weighted by molar-refractivity contribution is 6.10. The van der Waals surface area contributed by atoms with Crippen molar-refractivity contribution in [1.29, 1.82) is 5.41 Å². The molecule has 0 aliphatic rings. The van der Waals surface area contributed by atoms with Gasteiger partial charge >= 0.3 is 0 Å². The second-order valence-corrected chi connectivity index (χ2v) is 5.68. The number of hydrogen-bond donors (Lipinski definition) is 1. The third-order valence-electron chi connectivity index (χ3n) is 3.18. The van der Waals surface area contributed by atoms with Crippen molar-refractivity contribution in [3.05, 3.63) is 71.0 Å². The first-order valence-corrected chi connectivity index (χ1v) is 6.34. The molecule has 0 aliphatic carbocycles. The summed E-state index contributed by atoms with van der Waals surface area (Å²) < 4.78 is 13.7. The van der Waals surface area contributed by atoms with Crippen molar-refractivity contribution in [1.82, 2.24) is 0 Å². The summed E-state index contributed by atoms with van der Waals surface area (Å²) in [5.41, 5.74) is 2.58. The van der Waals surface area contributed by atoms with E-state index >= 15 is 0 Å². The molecule has 0 atom stereocenters. The summed E-state index contributed by atoms with van der Waals surface area (Å²) in [6, 6.07) is 14.2. The van der Waals surface area contributed by atoms with Crippen LogP contribution in [-0.4, -0.2) is 5.71 Å². The highest BCUT2D eigenvalue weighted by atomic mass is 19.1. The summed E-state index contributed by atoms with van der Waals surface area (Å²) in [6.45, 7) is 6.43. The third-order valence-corrected chi connectivity index (χ3v) is 3.18. The normalized spacial score (nSPS) is 11.4. The second-order valence-electron chi connectivity index (χ2n) is 5.68. The summed E-state index contributed by atoms with van der Waals surface area (Å²) in [6.07, 6.45) is 0. The Morgan fingerprint density at radius 3 is 2.05 bits per heavy atom. The number of nitrogens with one attached hydrogen (secondary N) is 1. The molecule has 0 fully saturated rings. The highest BCUT2D eigenvalue weighted by Gasteiger charge is 2.14. The number of rotatable bonds is 2. The lowest BCUT2D eigenvalue weighted by molar-refractivity contribution is 0.590. The van der Waals surface area contributed by atoms with Crippen molar-refractivity contribution in [3.8, 4) is 0 Å². The largest absolute Gasteiger partial charge is 0.300 e. The molecule has 0 unspecified atom stereocenters. The fourth-order valence-corrected chi connectivity index (χ4v) is 1.96. The number of hydrogen-bond acceptors (Lipinski definition) is 1. The van der Waals surface area contributed by atoms with E-state index in [1.165, 1.54) is 11.6 Å². The van der Waals surface area contributed by atoms with Gasteiger partial charge in [-0.15, -0.1) is 0 Å². The van der Waals surface area contributed by atoms with Crippen molar-refractivity contribution < 1.29 is 4.39 Å². The topological polar surface area (TPSA) is 23.9 Å². The second kappa shape index (κ2) is 4.96. The van der Waals surface area contributed by atoms with Crippen molar-refractivity contribution in [3.63, 3.8) is 0 Å². The van der Waals surface area contributed by atoms with E-state index in [9.17, 15) is 4.39 Å². The van der Waals surface area contributed by atoms with Gasteiger partial charge in [0.2, 0.25) is 0 Å². The van der Waals surface area contributed by atoms with E-state index < -0.39 is 0 Å². The molecule has 0 aliphatic heterocycles. The molecule has 0 bridgehead atoms. The minimum Gasteiger partial charge on any atom is -0.300 e. The quantitative estimate of drug-likeness (QED) is 0.762. The minimum absolute atomic E-state index is 0.0821. The summed E-state index contributed by atoms with van der Waals surface area (Å²) in [4.78, 5) is 0. The van der Waals surface area contributed by atoms with E-state index in [0.29, 0.717) is 5.56 Å². The maximum absolute atomic E-state index is 13.7. The van der Waals surface area contributed by atoms with E-state index in [4.69, 9.17) is 5.41 Å². The Balaban J connectivity index is 2.34. The smallest absolute Gasteiger partial charge is 0.132 e. The van der Waals surface area contributed by atoms with Crippen LogP contribution in [0.2, 0.25) is 0 Å². The molecule has 0 saturated heterocycles. The van der Waals surface area contributed by atoms with E-state index in [1.54, 1.807) is 18.2 Å². The third kappa shape index (κ3) is 2.90. The number of benzene rings is 2. The molecule has 1 N–H and O–H groups in total. The van der Waals surface area contributed by atoms with Crippen molar-refractivity contribution in [2.24, 2.45) is 0 Å². The van der Waals surface area contributed by atoms with Gasteiger partial charge < -0.3 is 0 Å². The molecule has 2 heteroatoms. The van der Waals surface area contributed by atoms with Crippen molar-refractivity contribution in [2.75, 3.05) is 0 Å². The van der Waals surface area contributed by atoms with Crippen LogP contribution in [0, 0.1) is 11.2 Å². The van der Waals surface area contributed by atoms with Crippen molar-refractivity contribution in [2.45, 2.75) is 26.2 Å². The molecule has 2 rings (SSSR count). The maximum Gasteiger partial charge on any atom is 0.132 e. The molecule has 98 valence electrons. The van der Waals surface area contributed by atoms with E-state index in [1.807, 2.05) is 24.3 Å². The van der Waals surface area contributed by atoms with Crippen LogP contribution in [0.15, 0.2) is 48.5 Å². The number of halogens is 1. The summed E-state index contributed by atoms with van der Waals surface area (Å²) in [7, 11) is 0. The average Bonchev–Trinajstić information content (AvgIpc) is 2.38. The summed E-state index contributed by atoms with van der Waals surface area (Å²) in [5, 5.41) is 8.10. The lowest BCUT2D eigenvalue weighted by Crippen LogP contribution is -2.11. The molecule has 1 nitrogen and oxygen atoms in total. The van der Waals surface area contributed by atoms with Crippen LogP contribution in [-0.2, 0) is 5.41 Å². The first kappa shape index (κ1) is 13.5. The van der Waals surface area contributed by atoms with Crippen molar-refractivity contribution >= 4 is 5.71 Å². The van der Waals surface area contributed by atoms with Gasteiger partial charge in [-0.1, -0.05) is 57.2 Å². The molecule has 0 saturated carbocycles. The van der Waals surface area contributed by atoms with Gasteiger partial charge in [0, 0.05) is 11.1 Å². The molecule has 0 radical (unpaired) electrons. The van der Waals surface area contributed by atoms with Crippen LogP contribution < -0.4 is 0 Å². The van der Waals surface area contributed by atoms with E-state index in [-0.39, 0.29) is 16.9 Å². The van der Waals surface area contributed by atoms with Crippen LogP contribution >= 0.6 is 0 Å². The van der Waals surface area contributed by atoms with Gasteiger partial charge in [-0.25, -0.2) is 4.39 Å². The first-order chi connectivity index (χ1) is 8.89. The van der Waals surface area contributed by atoms with Crippen LogP contribution in [0.4, 0.5) is 4.39 Å². The zero-order valence-corrected chi connectivity index (χ0v) is 11.5. The fraction of sp³-hybridized carbons (Fsp3) is 0.235. The Hall–Kier alpha value is -1.96. The molecule has 0 amide bonds. The Bertz CT molecular complexity index is 591. The van der Waals surface area contributed by atoms with E-state index in [0.717, 1.165) is 5.56 Å². The zero-order chi connectivity index (χ0) is 14.0. The van der Waals surface area contributed by atoms with Gasteiger partial charge in [0.25, 0.3) is 0 Å². The highest BCUT2D eigenvalue weighted by Crippen LogP contribution is 2.23. The molecule has 2 aromatic rings. The van der Waals surface area contributed by atoms with E-state index in [2.05, 4.69) is 20.8 Å². The standard InChI is InChI=1S/C17H18FN/c1-17(2,3)13-10-8-12(9-11-13)16(19)14-6-4-5-7-15(14)18/h4-11,19H,1-3H3. The SMILES string of the molecule is CC(C)(C)c1ccc(C(=N)c2ccccc2F)cc1. The Kier molecular flexibility index (Phi) is 3.52. The molecular weight excluding hydrogens is 237 g/mol. The lowest BCUT2D eigenvalue weighted by Gasteiger charge is -2.19. The Morgan fingerprint density at radius 1 is 0.947 bits per heavy atom. The van der Waals surface area contributed by atoms with Crippen LogP contribution in [0.1, 0.15) is 37.5 Å². The van der Waals surface area contributed by atoms with Gasteiger partial charge in [0.1, 0.15) is 5.82 Å². The maximum atomic E-state index is 13.7. The first-order valence-electron chi connectivity index (χ1n) is 6.34. The zero-order valence-electron chi connectivity index (χ0n) is 11.5. The Labute approximate surface area is 113 Å². The molecule has 19 heavy (non-hydrogen) atoms. The molecular formula is C17H18FN. The van der Waals surface area contributed by atoms with Crippen LogP contribution in [0.25, 0.3) is 0 Å². The van der Waals surface area contributed by atoms with Gasteiger partial charge in [0.15, 0.2) is 0 Å². The average molecular weight is 255 g/mol.